The molecule has 1 aliphatic heterocycles. The summed E-state index contributed by atoms with van der Waals surface area (Å²) in [6.07, 6.45) is 7.49. The molecule has 0 bridgehead atoms. The molecule has 0 unspecified atom stereocenters. The lowest BCUT2D eigenvalue weighted by atomic mass is 10.1. The molecule has 0 saturated heterocycles. The summed E-state index contributed by atoms with van der Waals surface area (Å²) in [5, 5.41) is 8.53. The molecule has 0 atom stereocenters. The maximum atomic E-state index is 8.53. The van der Waals surface area contributed by atoms with Crippen LogP contribution in [0.15, 0.2) is 40.6 Å². The Kier molecular flexibility index (Phi) is 0.870. The Hall–Kier alpha value is -1.62. The number of nitriles is 1. The maximum Gasteiger partial charge on any atom is 0.148 e. The van der Waals surface area contributed by atoms with Gasteiger partial charge in [0.15, 0.2) is 0 Å². The zero-order chi connectivity index (χ0) is 6.97. The second-order valence-electron chi connectivity index (χ2n) is 2.11. The minimum atomic E-state index is 0.528. The van der Waals surface area contributed by atoms with Crippen LogP contribution >= 0.6 is 0 Å². The highest BCUT2D eigenvalue weighted by atomic mass is 14.7. The summed E-state index contributed by atoms with van der Waals surface area (Å²) in [5.41, 5.74) is 2.54. The third-order valence-electron chi connectivity index (χ3n) is 1.54. The van der Waals surface area contributed by atoms with Gasteiger partial charge < -0.3 is 0 Å². The molecule has 2 aliphatic rings. The molecule has 0 aromatic carbocycles. The number of aliphatic imine (C=N–C) groups is 1. The van der Waals surface area contributed by atoms with E-state index in [0.29, 0.717) is 5.71 Å². The average Bonchev–Trinajstić information content (AvgIpc) is 2.44. The smallest absolute Gasteiger partial charge is 0.148 e. The fourth-order valence-corrected chi connectivity index (χ4v) is 1.05. The summed E-state index contributed by atoms with van der Waals surface area (Å²) in [6.45, 7) is 0. The van der Waals surface area contributed by atoms with Crippen molar-refractivity contribution in [2.75, 3.05) is 0 Å². The Balaban J connectivity index is 2.49. The highest BCUT2D eigenvalue weighted by Crippen LogP contribution is 2.24. The minimum absolute atomic E-state index is 0.528. The van der Waals surface area contributed by atoms with E-state index in [2.05, 4.69) is 4.99 Å². The van der Waals surface area contributed by atoms with Crippen molar-refractivity contribution in [1.29, 1.82) is 5.26 Å². The van der Waals surface area contributed by atoms with E-state index in [0.717, 1.165) is 11.1 Å². The molecule has 1 heterocycles. The van der Waals surface area contributed by atoms with Crippen LogP contribution in [0.3, 0.4) is 0 Å². The van der Waals surface area contributed by atoms with Crippen LogP contribution in [0.25, 0.3) is 0 Å². The van der Waals surface area contributed by atoms with Gasteiger partial charge in [0.2, 0.25) is 0 Å². The van der Waals surface area contributed by atoms with Gasteiger partial charge in [-0.15, -0.1) is 0 Å². The number of fused-ring (bicyclic) bond motifs is 1. The van der Waals surface area contributed by atoms with Gasteiger partial charge in [-0.2, -0.15) is 5.26 Å². The minimum Gasteiger partial charge on any atom is -0.244 e. The van der Waals surface area contributed by atoms with Crippen molar-refractivity contribution in [2.24, 2.45) is 4.99 Å². The van der Waals surface area contributed by atoms with Gasteiger partial charge in [-0.05, 0) is 0 Å². The van der Waals surface area contributed by atoms with Gasteiger partial charge in [0.25, 0.3) is 0 Å². The molecule has 46 valence electrons. The van der Waals surface area contributed by atoms with E-state index in [1.54, 1.807) is 6.20 Å². The lowest BCUT2D eigenvalue weighted by molar-refractivity contribution is 1.53. The lowest BCUT2D eigenvalue weighted by Gasteiger charge is -1.88. The van der Waals surface area contributed by atoms with Crippen molar-refractivity contribution >= 4 is 5.71 Å². The number of rotatable bonds is 0. The van der Waals surface area contributed by atoms with Crippen LogP contribution in [0.2, 0.25) is 0 Å². The standard InChI is InChI=1S/C8H4N2/c9-4-8-7-3-1-2-6(7)5-10-8/h1-3,5H. The molecule has 0 spiro atoms. The van der Waals surface area contributed by atoms with E-state index in [9.17, 15) is 0 Å². The molecule has 0 aromatic rings. The Bertz CT molecular complexity index is 335. The molecule has 2 heteroatoms. The molecular weight excluding hydrogens is 124 g/mol. The first-order chi connectivity index (χ1) is 4.92. The lowest BCUT2D eigenvalue weighted by Crippen LogP contribution is -1.92. The van der Waals surface area contributed by atoms with Gasteiger partial charge in [-0.1, -0.05) is 18.2 Å². The molecule has 2 rings (SSSR count). The van der Waals surface area contributed by atoms with Crippen molar-refractivity contribution in [2.45, 2.75) is 0 Å². The largest absolute Gasteiger partial charge is 0.244 e. The zero-order valence-electron chi connectivity index (χ0n) is 5.20. The zero-order valence-corrected chi connectivity index (χ0v) is 5.20. The topological polar surface area (TPSA) is 36.1 Å². The van der Waals surface area contributed by atoms with Crippen LogP contribution < -0.4 is 0 Å². The highest BCUT2D eigenvalue weighted by molar-refractivity contribution is 6.17. The van der Waals surface area contributed by atoms with Crippen molar-refractivity contribution in [3.05, 3.63) is 35.6 Å². The molecule has 10 heavy (non-hydrogen) atoms. The predicted molar refractivity (Wildman–Crippen MR) is 38.4 cm³/mol. The summed E-state index contributed by atoms with van der Waals surface area (Å²) in [4.78, 5) is 3.91. The fourth-order valence-electron chi connectivity index (χ4n) is 1.05. The fraction of sp³-hybridized carbons (Fsp3) is 0. The van der Waals surface area contributed by atoms with Crippen LogP contribution in [-0.4, -0.2) is 5.71 Å². The monoisotopic (exact) mass is 128 g/mol. The van der Waals surface area contributed by atoms with Crippen LogP contribution in [0.5, 0.6) is 0 Å². The van der Waals surface area contributed by atoms with E-state index in [1.807, 2.05) is 24.3 Å². The quantitative estimate of drug-likeness (QED) is 0.485. The number of hydrogen-bond acceptors (Lipinski definition) is 2. The summed E-state index contributed by atoms with van der Waals surface area (Å²) in [5.74, 6) is 0. The Morgan fingerprint density at radius 1 is 1.50 bits per heavy atom. The molecule has 0 fully saturated rings. The van der Waals surface area contributed by atoms with E-state index in [-0.39, 0.29) is 0 Å². The van der Waals surface area contributed by atoms with E-state index >= 15 is 0 Å². The van der Waals surface area contributed by atoms with Crippen molar-refractivity contribution < 1.29 is 0 Å². The number of hydrogen-bond donors (Lipinski definition) is 0. The van der Waals surface area contributed by atoms with Crippen LogP contribution in [0, 0.1) is 11.3 Å². The first kappa shape index (κ1) is 5.19. The molecule has 0 N–H and O–H groups in total. The van der Waals surface area contributed by atoms with Crippen molar-refractivity contribution in [1.82, 2.24) is 0 Å². The first-order valence-corrected chi connectivity index (χ1v) is 2.99. The Morgan fingerprint density at radius 2 is 2.40 bits per heavy atom. The predicted octanol–water partition coefficient (Wildman–Crippen LogP) is 1.34. The van der Waals surface area contributed by atoms with E-state index in [4.69, 9.17) is 5.26 Å². The molecule has 2 nitrogen and oxygen atoms in total. The number of allylic oxidation sites excluding steroid dienone is 5. The second kappa shape index (κ2) is 1.68. The first-order valence-electron chi connectivity index (χ1n) is 2.99. The maximum absolute atomic E-state index is 8.53. The molecule has 0 saturated carbocycles. The Labute approximate surface area is 58.5 Å². The van der Waals surface area contributed by atoms with Gasteiger partial charge in [0.05, 0.1) is 0 Å². The molecule has 0 radical (unpaired) electrons. The molecule has 0 amide bonds. The highest BCUT2D eigenvalue weighted by Gasteiger charge is 2.16. The van der Waals surface area contributed by atoms with Crippen molar-refractivity contribution in [3.63, 3.8) is 0 Å². The van der Waals surface area contributed by atoms with Crippen LogP contribution in [-0.2, 0) is 0 Å². The van der Waals surface area contributed by atoms with Crippen LogP contribution in [0.4, 0.5) is 0 Å². The third-order valence-corrected chi connectivity index (χ3v) is 1.54. The molecular formula is C8H4N2. The second-order valence-corrected chi connectivity index (χ2v) is 2.11. The normalized spacial score (nSPS) is 19.3. The van der Waals surface area contributed by atoms with E-state index in [1.165, 1.54) is 0 Å². The Morgan fingerprint density at radius 3 is 3.20 bits per heavy atom. The third kappa shape index (κ3) is 0.492. The van der Waals surface area contributed by atoms with Gasteiger partial charge in [0, 0.05) is 17.3 Å². The molecule has 0 aromatic heterocycles. The van der Waals surface area contributed by atoms with Crippen LogP contribution in [0.1, 0.15) is 0 Å². The summed E-state index contributed by atoms with van der Waals surface area (Å²) in [6, 6.07) is 2.02. The SMILES string of the molecule is N#CC1=NC=C2C=CC=C21. The van der Waals surface area contributed by atoms with Crippen molar-refractivity contribution in [3.8, 4) is 6.07 Å². The van der Waals surface area contributed by atoms with Gasteiger partial charge >= 0.3 is 0 Å². The van der Waals surface area contributed by atoms with Gasteiger partial charge in [-0.25, -0.2) is 4.99 Å². The molecule has 1 aliphatic carbocycles. The summed E-state index contributed by atoms with van der Waals surface area (Å²) < 4.78 is 0. The van der Waals surface area contributed by atoms with E-state index < -0.39 is 0 Å². The average molecular weight is 128 g/mol. The summed E-state index contributed by atoms with van der Waals surface area (Å²) >= 11 is 0. The van der Waals surface area contributed by atoms with Gasteiger partial charge in [0.1, 0.15) is 11.8 Å². The summed E-state index contributed by atoms with van der Waals surface area (Å²) in [7, 11) is 0. The number of nitrogens with zero attached hydrogens (tertiary/aromatic N) is 2. The van der Waals surface area contributed by atoms with Gasteiger partial charge in [-0.3, -0.25) is 0 Å².